The fourth-order valence-corrected chi connectivity index (χ4v) is 9.52. The molecule has 2 saturated heterocycles. The van der Waals surface area contributed by atoms with Crippen LogP contribution in [0.1, 0.15) is 140 Å². The van der Waals surface area contributed by atoms with Crippen LogP contribution in [-0.4, -0.2) is 146 Å². The van der Waals surface area contributed by atoms with Crippen molar-refractivity contribution in [3.63, 3.8) is 0 Å². The number of esters is 4. The summed E-state index contributed by atoms with van der Waals surface area (Å²) in [5, 5.41) is 17.2. The monoisotopic (exact) mass is 1130 g/mol. The molecule has 4 aliphatic rings. The number of nitrogens with one attached hydrogen (secondary N) is 3. The number of ether oxygens (including phenoxy) is 6. The average Bonchev–Trinajstić information content (AvgIpc) is 4.40. The summed E-state index contributed by atoms with van der Waals surface area (Å²) in [6.45, 7) is 9.81. The first-order valence-electron chi connectivity index (χ1n) is 28.0. The highest BCUT2D eigenvalue weighted by Crippen LogP contribution is 2.33. The van der Waals surface area contributed by atoms with E-state index in [2.05, 4.69) is 16.0 Å². The minimum atomic E-state index is -2.13. The summed E-state index contributed by atoms with van der Waals surface area (Å²) in [6, 6.07) is 12.0. The zero-order valence-electron chi connectivity index (χ0n) is 47.7. The second kappa shape index (κ2) is 28.9. The number of hydrogen-bond donors (Lipinski definition) is 4. The highest BCUT2D eigenvalue weighted by atomic mass is 19.1. The lowest BCUT2D eigenvalue weighted by molar-refractivity contribution is -0.168. The van der Waals surface area contributed by atoms with Crippen molar-refractivity contribution in [2.75, 3.05) is 40.5 Å². The third-order valence-electron chi connectivity index (χ3n) is 14.6. The lowest BCUT2D eigenvalue weighted by Crippen LogP contribution is -2.52. The number of carboxylic acid groups (broad SMARTS) is 1. The Bertz CT molecular complexity index is 2590. The number of likely N-dealkylation sites (N-methyl/N-ethyl adjacent to an activating group) is 2. The molecule has 2 aromatic rings. The molecule has 0 spiro atoms. The lowest BCUT2D eigenvalue weighted by atomic mass is 9.90. The number of benzene rings is 2. The number of halogens is 2. The van der Waals surface area contributed by atoms with Gasteiger partial charge in [0.25, 0.3) is 17.7 Å². The maximum atomic E-state index is 15.8. The molecule has 0 radical (unpaired) electrons. The first kappa shape index (κ1) is 63.6. The van der Waals surface area contributed by atoms with Crippen LogP contribution in [0.15, 0.2) is 72.1 Å². The fraction of sp³-hybridized carbons (Fsp3) is 0.600. The normalized spacial score (nSPS) is 18.9. The largest absolute Gasteiger partial charge is 0.479 e. The van der Waals surface area contributed by atoms with E-state index in [1.807, 2.05) is 36.4 Å². The molecule has 0 bridgehead atoms. The van der Waals surface area contributed by atoms with E-state index in [0.717, 1.165) is 48.6 Å². The first-order valence-corrected chi connectivity index (χ1v) is 28.0. The Morgan fingerprint density at radius 1 is 0.617 bits per heavy atom. The van der Waals surface area contributed by atoms with Crippen LogP contribution >= 0.6 is 0 Å². The number of rotatable bonds is 28. The predicted molar refractivity (Wildman–Crippen MR) is 291 cm³/mol. The third kappa shape index (κ3) is 20.4. The molecule has 2 aromatic carbocycles. The van der Waals surface area contributed by atoms with Crippen molar-refractivity contribution < 1.29 is 80.7 Å². The number of aliphatic carboxylic acids is 1. The Hall–Kier alpha value is -6.58. The highest BCUT2D eigenvalue weighted by molar-refractivity contribution is 5.99. The third-order valence-corrected chi connectivity index (χ3v) is 14.6. The number of nitrogens with zero attached hydrogens (tertiary/aromatic N) is 1. The molecule has 0 aromatic heterocycles. The Kier molecular flexibility index (Phi) is 22.7. The van der Waals surface area contributed by atoms with Gasteiger partial charge in [-0.15, -0.1) is 0 Å². The van der Waals surface area contributed by atoms with Gasteiger partial charge in [-0.05, 0) is 146 Å². The number of amides is 3. The van der Waals surface area contributed by atoms with E-state index in [9.17, 15) is 47.9 Å². The van der Waals surface area contributed by atoms with E-state index in [1.54, 1.807) is 12.1 Å². The van der Waals surface area contributed by atoms with Gasteiger partial charge in [0.2, 0.25) is 0 Å². The summed E-state index contributed by atoms with van der Waals surface area (Å²) in [7, 11) is 2.63. The molecule has 4 N–H and O–H groups in total. The number of alkyl halides is 2. The van der Waals surface area contributed by atoms with Crippen LogP contribution in [0.25, 0.3) is 0 Å². The highest BCUT2D eigenvalue weighted by Gasteiger charge is 2.41. The molecule has 19 nitrogen and oxygen atoms in total. The van der Waals surface area contributed by atoms with Gasteiger partial charge in [0.1, 0.15) is 34.8 Å². The van der Waals surface area contributed by atoms with Gasteiger partial charge >= 0.3 is 29.8 Å². The summed E-state index contributed by atoms with van der Waals surface area (Å²) in [4.78, 5) is 111. The summed E-state index contributed by atoms with van der Waals surface area (Å²) in [6.07, 6.45) is 1.15. The van der Waals surface area contributed by atoms with E-state index in [1.165, 1.54) is 60.9 Å². The van der Waals surface area contributed by atoms with E-state index < -0.39 is 102 Å². The molecule has 6 rings (SSSR count). The summed E-state index contributed by atoms with van der Waals surface area (Å²) in [5.41, 5.74) is -1.35. The Morgan fingerprint density at radius 3 is 1.38 bits per heavy atom. The van der Waals surface area contributed by atoms with Crippen LogP contribution in [0.3, 0.4) is 0 Å². The van der Waals surface area contributed by atoms with Gasteiger partial charge in [-0.1, -0.05) is 60.7 Å². The predicted octanol–water partition coefficient (Wildman–Crippen LogP) is 6.54. The zero-order chi connectivity index (χ0) is 59.2. The van der Waals surface area contributed by atoms with Crippen molar-refractivity contribution in [1.82, 2.24) is 20.9 Å². The van der Waals surface area contributed by atoms with Crippen molar-refractivity contribution in [2.45, 2.75) is 178 Å². The summed E-state index contributed by atoms with van der Waals surface area (Å²) < 4.78 is 64.0. The van der Waals surface area contributed by atoms with Gasteiger partial charge in [-0.3, -0.25) is 19.2 Å². The first-order chi connectivity index (χ1) is 38.3. The Labute approximate surface area is 472 Å². The lowest BCUT2D eigenvalue weighted by Gasteiger charge is -2.32. The van der Waals surface area contributed by atoms with Crippen LogP contribution in [-0.2, 0) is 79.6 Å². The Balaban J connectivity index is 1.20. The van der Waals surface area contributed by atoms with Crippen LogP contribution in [0.5, 0.6) is 0 Å². The van der Waals surface area contributed by atoms with E-state index >= 15 is 4.39 Å². The molecule has 2 aliphatic heterocycles. The second-order valence-corrected chi connectivity index (χ2v) is 22.9. The number of carbonyl (C=O) groups excluding carboxylic acids is 7. The molecular formula is C60H80F2N4O15. The van der Waals surface area contributed by atoms with Gasteiger partial charge < -0.3 is 54.4 Å². The summed E-state index contributed by atoms with van der Waals surface area (Å²) in [5.74, 6) is -8.49. The topological polar surface area (TPSA) is 251 Å². The smallest absolute Gasteiger partial charge is 0.355 e. The van der Waals surface area contributed by atoms with E-state index in [0.29, 0.717) is 63.2 Å². The minimum absolute atomic E-state index is 0.119. The van der Waals surface area contributed by atoms with Crippen LogP contribution in [0.4, 0.5) is 8.78 Å². The molecule has 3 amide bonds. The van der Waals surface area contributed by atoms with Crippen LogP contribution in [0, 0.1) is 11.8 Å². The van der Waals surface area contributed by atoms with Crippen molar-refractivity contribution >= 4 is 47.6 Å². The van der Waals surface area contributed by atoms with E-state index in [4.69, 9.17) is 28.4 Å². The molecule has 0 unspecified atom stereocenters. The maximum absolute atomic E-state index is 15.8. The summed E-state index contributed by atoms with van der Waals surface area (Å²) >= 11 is 0. The SMILES string of the molecule is CN[C@@H](CC(C)(C)F)C(=O)O[C@H](Cc1ccc(C2CCOCC2)cc1)C(=O)N/C(=C/C1CC1)C(=O)O[C@H](C)C(=O)N(C)[C@@H](CC(C)(C)F)C(=O)O[C@H](Cc1ccc(C2CCOCC2)cc1)C(=O)N/C(=C/C1CC1)C(=O)O[C@H](C)C(=O)O. The maximum Gasteiger partial charge on any atom is 0.355 e. The van der Waals surface area contributed by atoms with Crippen molar-refractivity contribution in [3.8, 4) is 0 Å². The van der Waals surface area contributed by atoms with Crippen LogP contribution < -0.4 is 16.0 Å². The average molecular weight is 1140 g/mol. The molecule has 81 heavy (non-hydrogen) atoms. The molecular weight excluding hydrogens is 1050 g/mol. The zero-order valence-corrected chi connectivity index (χ0v) is 47.7. The molecule has 2 heterocycles. The standard InChI is InChI=1S/C60H80F2N4O15/c1-35(78-55(72)45(29-37-9-10-37)64-51(67)49(80-57(74)47(63-7)33-59(3,4)61)31-39-13-17-41(18-14-39)43-21-25-76-26-22-43)53(69)66(8)48(34-60(5,6)62)58(75)81-50(32-40-15-19-42(20-16-40)44-23-27-77-28-24-44)52(68)65-46(30-38-11-12-38)56(73)79-36(2)54(70)71/h13-20,29-30,35-38,43-44,47-50,63H,9-12,21-28,31-34H2,1-8H3,(H,64,67)(H,65,68)(H,70,71)/b45-29+,46-30+/t35-,36-,47+,48+,49-,50-/m1/s1. The molecule has 4 fully saturated rings. The molecule has 2 saturated carbocycles. The van der Waals surface area contributed by atoms with Crippen LogP contribution in [0.2, 0.25) is 0 Å². The van der Waals surface area contributed by atoms with Crippen molar-refractivity contribution in [2.24, 2.45) is 11.8 Å². The molecule has 6 atom stereocenters. The second-order valence-electron chi connectivity index (χ2n) is 22.9. The van der Waals surface area contributed by atoms with Gasteiger partial charge in [0, 0.05) is 59.2 Å². The van der Waals surface area contributed by atoms with Gasteiger partial charge in [0.05, 0.1) is 0 Å². The number of carboxylic acids is 1. The molecule has 444 valence electrons. The molecule has 21 heteroatoms. The van der Waals surface area contributed by atoms with Crippen molar-refractivity contribution in [3.05, 3.63) is 94.3 Å². The Morgan fingerprint density at radius 2 is 1.01 bits per heavy atom. The fourth-order valence-electron chi connectivity index (χ4n) is 9.52. The van der Waals surface area contributed by atoms with Gasteiger partial charge in [-0.2, -0.15) is 0 Å². The number of carbonyl (C=O) groups is 8. The quantitative estimate of drug-likeness (QED) is 0.0401. The number of allylic oxidation sites excluding steroid dienone is 2. The molecule has 2 aliphatic carbocycles. The van der Waals surface area contributed by atoms with E-state index in [-0.39, 0.29) is 54.3 Å². The minimum Gasteiger partial charge on any atom is -0.479 e. The van der Waals surface area contributed by atoms with Crippen molar-refractivity contribution in [1.29, 1.82) is 0 Å². The van der Waals surface area contributed by atoms with Gasteiger partial charge in [-0.25, -0.2) is 28.0 Å². The van der Waals surface area contributed by atoms with Gasteiger partial charge in [0.15, 0.2) is 24.4 Å². The number of hydrogen-bond acceptors (Lipinski definition) is 15.